The predicted molar refractivity (Wildman–Crippen MR) is 73.6 cm³/mol. The summed E-state index contributed by atoms with van der Waals surface area (Å²) in [6, 6.07) is 9.78. The van der Waals surface area contributed by atoms with Crippen molar-refractivity contribution >= 4 is 0 Å². The number of aliphatic hydroxyl groups is 1. The molecule has 0 spiro atoms. The number of methoxy groups -OCH3 is 1. The maximum atomic E-state index is 10.7. The van der Waals surface area contributed by atoms with Gasteiger partial charge in [0.2, 0.25) is 0 Å². The average Bonchev–Trinajstić information content (AvgIpc) is 2.46. The molecule has 0 saturated heterocycles. The molecule has 0 radical (unpaired) electrons. The Morgan fingerprint density at radius 2 is 2.32 bits per heavy atom. The predicted octanol–water partition coefficient (Wildman–Crippen LogP) is 3.45. The largest absolute Gasteiger partial charge is 0.497 e. The normalized spacial score (nSPS) is 28.4. The zero-order valence-corrected chi connectivity index (χ0v) is 11.6. The van der Waals surface area contributed by atoms with E-state index in [9.17, 15) is 10.4 Å². The lowest BCUT2D eigenvalue weighted by molar-refractivity contribution is 0.0218. The van der Waals surface area contributed by atoms with Gasteiger partial charge in [-0.05, 0) is 36.5 Å². The third-order valence-electron chi connectivity index (χ3n) is 4.19. The van der Waals surface area contributed by atoms with Crippen molar-refractivity contribution in [1.82, 2.24) is 0 Å². The summed E-state index contributed by atoms with van der Waals surface area (Å²) in [6.45, 7) is 2.16. The highest BCUT2D eigenvalue weighted by atomic mass is 16.5. The molecular formula is C16H21NO2. The topological polar surface area (TPSA) is 53.2 Å². The van der Waals surface area contributed by atoms with Gasteiger partial charge in [0.15, 0.2) is 0 Å². The second-order valence-electron chi connectivity index (χ2n) is 5.65. The Hall–Kier alpha value is -1.53. The Labute approximate surface area is 114 Å². The Morgan fingerprint density at radius 3 is 2.95 bits per heavy atom. The molecule has 1 aromatic carbocycles. The summed E-state index contributed by atoms with van der Waals surface area (Å²) in [7, 11) is 1.61. The summed E-state index contributed by atoms with van der Waals surface area (Å²) in [5.41, 5.74) is 0.124. The van der Waals surface area contributed by atoms with E-state index < -0.39 is 11.5 Å². The van der Waals surface area contributed by atoms with Crippen LogP contribution in [-0.2, 0) is 0 Å². The summed E-state index contributed by atoms with van der Waals surface area (Å²) in [5, 5.41) is 20.2. The Kier molecular flexibility index (Phi) is 4.11. The molecular weight excluding hydrogens is 238 g/mol. The van der Waals surface area contributed by atoms with E-state index in [0.29, 0.717) is 11.7 Å². The quantitative estimate of drug-likeness (QED) is 0.904. The average molecular weight is 259 g/mol. The first-order valence-corrected chi connectivity index (χ1v) is 6.84. The van der Waals surface area contributed by atoms with Gasteiger partial charge in [-0.3, -0.25) is 0 Å². The number of hydrogen-bond donors (Lipinski definition) is 1. The number of rotatable bonds is 3. The van der Waals surface area contributed by atoms with Gasteiger partial charge in [-0.2, -0.15) is 5.26 Å². The molecule has 1 aromatic rings. The molecule has 2 rings (SSSR count). The van der Waals surface area contributed by atoms with Crippen molar-refractivity contribution in [3.05, 3.63) is 29.8 Å². The van der Waals surface area contributed by atoms with E-state index >= 15 is 0 Å². The van der Waals surface area contributed by atoms with Crippen LogP contribution < -0.4 is 4.74 Å². The molecule has 1 aliphatic rings. The number of benzene rings is 1. The SMILES string of the molecule is COc1cccc(C(O)C2(C#N)CCCC(C)C2)c1. The van der Waals surface area contributed by atoms with Crippen LogP contribution in [0.2, 0.25) is 0 Å². The van der Waals surface area contributed by atoms with Crippen LogP contribution in [0.5, 0.6) is 5.75 Å². The van der Waals surface area contributed by atoms with Gasteiger partial charge in [0.1, 0.15) is 5.75 Å². The van der Waals surface area contributed by atoms with Crippen molar-refractivity contribution in [3.63, 3.8) is 0 Å². The number of aliphatic hydroxyl groups excluding tert-OH is 1. The zero-order chi connectivity index (χ0) is 13.9. The number of nitriles is 1. The molecule has 3 atom stereocenters. The molecule has 0 heterocycles. The molecule has 3 unspecified atom stereocenters. The minimum atomic E-state index is -0.740. The van der Waals surface area contributed by atoms with Crippen molar-refractivity contribution in [3.8, 4) is 11.8 Å². The summed E-state index contributed by atoms with van der Waals surface area (Å²) < 4.78 is 5.19. The first-order valence-electron chi connectivity index (χ1n) is 6.84. The Bertz CT molecular complexity index is 480. The van der Waals surface area contributed by atoms with E-state index in [0.717, 1.165) is 31.2 Å². The van der Waals surface area contributed by atoms with E-state index in [1.807, 2.05) is 24.3 Å². The first kappa shape index (κ1) is 13.9. The lowest BCUT2D eigenvalue weighted by Crippen LogP contribution is -2.32. The smallest absolute Gasteiger partial charge is 0.119 e. The van der Waals surface area contributed by atoms with E-state index in [-0.39, 0.29) is 0 Å². The molecule has 102 valence electrons. The molecule has 3 nitrogen and oxygen atoms in total. The first-order chi connectivity index (χ1) is 9.11. The molecule has 0 aliphatic heterocycles. The van der Waals surface area contributed by atoms with E-state index in [4.69, 9.17) is 4.74 Å². The van der Waals surface area contributed by atoms with Gasteiger partial charge in [0.05, 0.1) is 24.7 Å². The minimum Gasteiger partial charge on any atom is -0.497 e. The standard InChI is InChI=1S/C16H21NO2/c1-12-5-4-8-16(10-12,11-17)15(18)13-6-3-7-14(9-13)19-2/h3,6-7,9,12,15,18H,4-5,8,10H2,1-2H3. The van der Waals surface area contributed by atoms with E-state index in [1.165, 1.54) is 0 Å². The van der Waals surface area contributed by atoms with Crippen LogP contribution in [0.15, 0.2) is 24.3 Å². The van der Waals surface area contributed by atoms with Gasteiger partial charge in [0.25, 0.3) is 0 Å². The molecule has 1 saturated carbocycles. The van der Waals surface area contributed by atoms with Crippen LogP contribution in [0, 0.1) is 22.7 Å². The van der Waals surface area contributed by atoms with Crippen LogP contribution in [0.25, 0.3) is 0 Å². The Balaban J connectivity index is 2.29. The maximum absolute atomic E-state index is 10.7. The van der Waals surface area contributed by atoms with Gasteiger partial charge >= 0.3 is 0 Å². The van der Waals surface area contributed by atoms with Gasteiger partial charge in [-0.1, -0.05) is 31.9 Å². The highest BCUT2D eigenvalue weighted by Gasteiger charge is 2.42. The van der Waals surface area contributed by atoms with Crippen molar-refractivity contribution in [1.29, 1.82) is 5.26 Å². The van der Waals surface area contributed by atoms with Gasteiger partial charge in [-0.15, -0.1) is 0 Å². The van der Waals surface area contributed by atoms with Crippen molar-refractivity contribution in [2.75, 3.05) is 7.11 Å². The van der Waals surface area contributed by atoms with Gasteiger partial charge in [-0.25, -0.2) is 0 Å². The van der Waals surface area contributed by atoms with Crippen LogP contribution in [0.3, 0.4) is 0 Å². The molecule has 1 N–H and O–H groups in total. The van der Waals surface area contributed by atoms with E-state index in [1.54, 1.807) is 7.11 Å². The molecule has 0 amide bonds. The molecule has 1 aliphatic carbocycles. The highest BCUT2D eigenvalue weighted by molar-refractivity contribution is 5.32. The molecule has 3 heteroatoms. The molecule has 19 heavy (non-hydrogen) atoms. The highest BCUT2D eigenvalue weighted by Crippen LogP contribution is 2.47. The van der Waals surface area contributed by atoms with Crippen LogP contribution in [-0.4, -0.2) is 12.2 Å². The summed E-state index contributed by atoms with van der Waals surface area (Å²) >= 11 is 0. The summed E-state index contributed by atoms with van der Waals surface area (Å²) in [5.74, 6) is 1.21. The van der Waals surface area contributed by atoms with Crippen LogP contribution in [0.1, 0.15) is 44.3 Å². The van der Waals surface area contributed by atoms with Crippen molar-refractivity contribution < 1.29 is 9.84 Å². The zero-order valence-electron chi connectivity index (χ0n) is 11.6. The maximum Gasteiger partial charge on any atom is 0.119 e. The molecule has 1 fully saturated rings. The van der Waals surface area contributed by atoms with E-state index in [2.05, 4.69) is 13.0 Å². The fraction of sp³-hybridized carbons (Fsp3) is 0.562. The molecule has 0 bridgehead atoms. The summed E-state index contributed by atoms with van der Waals surface area (Å²) in [6.07, 6.45) is 2.95. The fourth-order valence-corrected chi connectivity index (χ4v) is 3.13. The third kappa shape index (κ3) is 2.74. The minimum absolute atomic E-state index is 0.494. The lowest BCUT2D eigenvalue weighted by atomic mass is 9.66. The van der Waals surface area contributed by atoms with Crippen LogP contribution >= 0.6 is 0 Å². The van der Waals surface area contributed by atoms with Gasteiger partial charge < -0.3 is 9.84 Å². The lowest BCUT2D eigenvalue weighted by Gasteiger charge is -2.38. The van der Waals surface area contributed by atoms with Gasteiger partial charge in [0, 0.05) is 0 Å². The second kappa shape index (κ2) is 5.63. The monoisotopic (exact) mass is 259 g/mol. The molecule has 0 aromatic heterocycles. The Morgan fingerprint density at radius 1 is 1.53 bits per heavy atom. The van der Waals surface area contributed by atoms with Crippen LogP contribution in [0.4, 0.5) is 0 Å². The number of hydrogen-bond acceptors (Lipinski definition) is 3. The number of ether oxygens (including phenoxy) is 1. The van der Waals surface area contributed by atoms with Crippen molar-refractivity contribution in [2.24, 2.45) is 11.3 Å². The third-order valence-corrected chi connectivity index (χ3v) is 4.19. The second-order valence-corrected chi connectivity index (χ2v) is 5.65. The number of nitrogens with zero attached hydrogens (tertiary/aromatic N) is 1. The fourth-order valence-electron chi connectivity index (χ4n) is 3.13. The summed E-state index contributed by atoms with van der Waals surface area (Å²) in [4.78, 5) is 0. The van der Waals surface area contributed by atoms with Crippen molar-refractivity contribution in [2.45, 2.75) is 38.7 Å².